The van der Waals surface area contributed by atoms with Gasteiger partial charge in [-0.15, -0.1) is 0 Å². The van der Waals surface area contributed by atoms with Crippen LogP contribution < -0.4 is 4.72 Å². The van der Waals surface area contributed by atoms with Gasteiger partial charge in [0.05, 0.1) is 16.8 Å². The summed E-state index contributed by atoms with van der Waals surface area (Å²) in [4.78, 5) is 10.9. The Balaban J connectivity index is 2.78. The maximum Gasteiger partial charge on any atom is 0.321 e. The Bertz CT molecular complexity index is 509. The molecule has 1 aliphatic heterocycles. The summed E-state index contributed by atoms with van der Waals surface area (Å²) in [7, 11) is -7.22. The highest BCUT2D eigenvalue weighted by molar-refractivity contribution is 7.95. The molecule has 1 rings (SSSR count). The average Bonchev–Trinajstić information content (AvgIpc) is 2.58. The number of carbonyl (C=O) groups is 1. The molecule has 0 spiro atoms. The van der Waals surface area contributed by atoms with E-state index in [1.807, 2.05) is 0 Å². The van der Waals surface area contributed by atoms with Crippen molar-refractivity contribution in [1.29, 1.82) is 0 Å². The standard InChI is InChI=1S/C9H17NO6S2/c1-2-3-8(9(11)12)10-18(15,16)7-4-5-17(13,14)6-7/h7-8,10H,2-6H2,1H3,(H,11,12)/t7?,8-/m0/s1. The van der Waals surface area contributed by atoms with E-state index in [2.05, 4.69) is 4.72 Å². The van der Waals surface area contributed by atoms with E-state index in [9.17, 15) is 21.6 Å². The van der Waals surface area contributed by atoms with Crippen LogP contribution in [0.3, 0.4) is 0 Å². The Morgan fingerprint density at radius 3 is 2.50 bits per heavy atom. The van der Waals surface area contributed by atoms with Crippen molar-refractivity contribution in [2.45, 2.75) is 37.5 Å². The van der Waals surface area contributed by atoms with Gasteiger partial charge in [-0.05, 0) is 12.8 Å². The Morgan fingerprint density at radius 2 is 2.11 bits per heavy atom. The first-order valence-corrected chi connectivity index (χ1v) is 8.99. The second-order valence-corrected chi connectivity index (χ2v) is 8.59. The van der Waals surface area contributed by atoms with Crippen molar-refractivity contribution in [2.24, 2.45) is 0 Å². The summed E-state index contributed by atoms with van der Waals surface area (Å²) >= 11 is 0. The Kier molecular flexibility index (Phi) is 4.73. The molecular formula is C9H17NO6S2. The van der Waals surface area contributed by atoms with Gasteiger partial charge in [-0.3, -0.25) is 4.79 Å². The average molecular weight is 299 g/mol. The number of nitrogens with one attached hydrogen (secondary N) is 1. The molecule has 1 unspecified atom stereocenters. The number of sulfone groups is 1. The van der Waals surface area contributed by atoms with E-state index < -0.39 is 42.9 Å². The third-order valence-electron chi connectivity index (χ3n) is 2.81. The van der Waals surface area contributed by atoms with Crippen LogP contribution in [0, 0.1) is 0 Å². The number of hydrogen-bond donors (Lipinski definition) is 2. The fourth-order valence-electron chi connectivity index (χ4n) is 1.82. The van der Waals surface area contributed by atoms with Crippen molar-refractivity contribution in [1.82, 2.24) is 4.72 Å². The van der Waals surface area contributed by atoms with E-state index in [-0.39, 0.29) is 18.6 Å². The SMILES string of the molecule is CCC[C@H](NS(=O)(=O)C1CCS(=O)(=O)C1)C(=O)O. The zero-order valence-electron chi connectivity index (χ0n) is 10.00. The lowest BCUT2D eigenvalue weighted by molar-refractivity contribution is -0.139. The minimum absolute atomic E-state index is 0.0239. The van der Waals surface area contributed by atoms with E-state index in [4.69, 9.17) is 5.11 Å². The van der Waals surface area contributed by atoms with Crippen LogP contribution in [-0.2, 0) is 24.7 Å². The summed E-state index contributed by atoms with van der Waals surface area (Å²) in [5.74, 6) is -1.84. The highest BCUT2D eigenvalue weighted by atomic mass is 32.2. The highest BCUT2D eigenvalue weighted by Crippen LogP contribution is 2.18. The first kappa shape index (κ1) is 15.4. The third kappa shape index (κ3) is 3.92. The lowest BCUT2D eigenvalue weighted by Crippen LogP contribution is -2.45. The largest absolute Gasteiger partial charge is 0.480 e. The lowest BCUT2D eigenvalue weighted by atomic mass is 10.2. The Labute approximate surface area is 107 Å². The minimum atomic E-state index is -3.91. The van der Waals surface area contributed by atoms with Crippen LogP contribution in [0.4, 0.5) is 0 Å². The van der Waals surface area contributed by atoms with Crippen LogP contribution in [0.25, 0.3) is 0 Å². The van der Waals surface area contributed by atoms with Crippen molar-refractivity contribution in [3.63, 3.8) is 0 Å². The summed E-state index contributed by atoms with van der Waals surface area (Å²) in [6, 6.07) is -1.19. The molecule has 1 saturated heterocycles. The molecule has 0 aromatic heterocycles. The van der Waals surface area contributed by atoms with Gasteiger partial charge in [0.2, 0.25) is 10.0 Å². The van der Waals surface area contributed by atoms with Gasteiger partial charge >= 0.3 is 5.97 Å². The smallest absolute Gasteiger partial charge is 0.321 e. The fraction of sp³-hybridized carbons (Fsp3) is 0.889. The molecule has 2 N–H and O–H groups in total. The van der Waals surface area contributed by atoms with Gasteiger partial charge in [0, 0.05) is 0 Å². The maximum atomic E-state index is 11.9. The van der Waals surface area contributed by atoms with Gasteiger partial charge in [0.25, 0.3) is 0 Å². The van der Waals surface area contributed by atoms with Crippen LogP contribution in [-0.4, -0.2) is 50.7 Å². The molecule has 0 aromatic carbocycles. The van der Waals surface area contributed by atoms with Crippen LogP contribution in [0.1, 0.15) is 26.2 Å². The van der Waals surface area contributed by atoms with E-state index in [1.165, 1.54) is 0 Å². The van der Waals surface area contributed by atoms with Gasteiger partial charge < -0.3 is 5.11 Å². The number of sulfonamides is 1. The molecule has 0 bridgehead atoms. The predicted octanol–water partition coefficient (Wildman–Crippen LogP) is -0.654. The lowest BCUT2D eigenvalue weighted by Gasteiger charge is -2.16. The fourth-order valence-corrected chi connectivity index (χ4v) is 6.09. The van der Waals surface area contributed by atoms with Gasteiger partial charge in [0.15, 0.2) is 9.84 Å². The molecule has 2 atom stereocenters. The van der Waals surface area contributed by atoms with Crippen LogP contribution in [0.5, 0.6) is 0 Å². The third-order valence-corrected chi connectivity index (χ3v) is 6.68. The topological polar surface area (TPSA) is 118 Å². The van der Waals surface area contributed by atoms with Crippen LogP contribution in [0.2, 0.25) is 0 Å². The first-order chi connectivity index (χ1) is 8.18. The normalized spacial score (nSPS) is 24.8. The van der Waals surface area contributed by atoms with Crippen molar-refractivity contribution in [3.05, 3.63) is 0 Å². The molecular weight excluding hydrogens is 282 g/mol. The van der Waals surface area contributed by atoms with Gasteiger partial charge in [-0.1, -0.05) is 13.3 Å². The molecule has 7 nitrogen and oxygen atoms in total. The minimum Gasteiger partial charge on any atom is -0.480 e. The van der Waals surface area contributed by atoms with Gasteiger partial charge in [-0.25, -0.2) is 21.6 Å². The number of hydrogen-bond acceptors (Lipinski definition) is 5. The summed E-state index contributed by atoms with van der Waals surface area (Å²) in [6.45, 7) is 1.74. The maximum absolute atomic E-state index is 11.9. The van der Waals surface area contributed by atoms with Gasteiger partial charge in [-0.2, -0.15) is 0 Å². The molecule has 0 amide bonds. The second-order valence-electron chi connectivity index (χ2n) is 4.37. The molecule has 1 aliphatic rings. The molecule has 0 aliphatic carbocycles. The van der Waals surface area contributed by atoms with Crippen LogP contribution >= 0.6 is 0 Å². The van der Waals surface area contributed by atoms with Gasteiger partial charge in [0.1, 0.15) is 6.04 Å². The number of rotatable bonds is 6. The Hall–Kier alpha value is -0.670. The van der Waals surface area contributed by atoms with E-state index in [0.29, 0.717) is 6.42 Å². The molecule has 106 valence electrons. The quantitative estimate of drug-likeness (QED) is 0.672. The van der Waals surface area contributed by atoms with Crippen molar-refractivity contribution in [3.8, 4) is 0 Å². The predicted molar refractivity (Wildman–Crippen MR) is 65.4 cm³/mol. The number of carboxylic acids is 1. The zero-order chi connectivity index (χ0) is 14.0. The molecule has 18 heavy (non-hydrogen) atoms. The summed E-state index contributed by atoms with van der Waals surface area (Å²) in [5.41, 5.74) is 0. The van der Waals surface area contributed by atoms with Crippen molar-refractivity contribution in [2.75, 3.05) is 11.5 Å². The second kappa shape index (κ2) is 5.54. The molecule has 0 radical (unpaired) electrons. The van der Waals surface area contributed by atoms with Crippen molar-refractivity contribution >= 4 is 25.8 Å². The molecule has 1 fully saturated rings. The molecule has 0 aromatic rings. The highest BCUT2D eigenvalue weighted by Gasteiger charge is 2.38. The molecule has 9 heteroatoms. The summed E-state index contributed by atoms with van der Waals surface area (Å²) < 4.78 is 48.3. The molecule has 0 saturated carbocycles. The first-order valence-electron chi connectivity index (χ1n) is 5.62. The number of carboxylic acid groups (broad SMARTS) is 1. The summed E-state index contributed by atoms with van der Waals surface area (Å²) in [5, 5.41) is 7.83. The zero-order valence-corrected chi connectivity index (χ0v) is 11.6. The van der Waals surface area contributed by atoms with E-state index in [1.54, 1.807) is 6.92 Å². The van der Waals surface area contributed by atoms with Crippen LogP contribution in [0.15, 0.2) is 0 Å². The van der Waals surface area contributed by atoms with Crippen molar-refractivity contribution < 1.29 is 26.7 Å². The monoisotopic (exact) mass is 299 g/mol. The number of aliphatic carboxylic acids is 1. The van der Waals surface area contributed by atoms with E-state index >= 15 is 0 Å². The Morgan fingerprint density at radius 1 is 1.50 bits per heavy atom. The summed E-state index contributed by atoms with van der Waals surface area (Å²) in [6.07, 6.45) is 0.715. The molecule has 1 heterocycles. The van der Waals surface area contributed by atoms with E-state index in [0.717, 1.165) is 0 Å².